The number of hydrogen-bond donors (Lipinski definition) is 3. The molecule has 0 bridgehead atoms. The zero-order valence-corrected chi connectivity index (χ0v) is 6.05. The predicted octanol–water partition coefficient (Wildman–Crippen LogP) is 0.147. The third kappa shape index (κ3) is 9.38. The number of halogens is 2. The summed E-state index contributed by atoms with van der Waals surface area (Å²) in [7, 11) is 0. The van der Waals surface area contributed by atoms with Crippen LogP contribution in [0.1, 0.15) is 6.92 Å². The summed E-state index contributed by atoms with van der Waals surface area (Å²) in [4.78, 5) is 0. The van der Waals surface area contributed by atoms with E-state index in [0.717, 1.165) is 0 Å². The second-order valence-corrected chi connectivity index (χ2v) is 1.13. The number of nitrogens with one attached hydrogen (secondary N) is 1. The largest absolute Gasteiger partial charge is 0.386 e. The van der Waals surface area contributed by atoms with E-state index in [0.29, 0.717) is 0 Å². The van der Waals surface area contributed by atoms with Crippen LogP contribution in [0.2, 0.25) is 0 Å². The molecule has 0 aromatic rings. The smallest absolute Gasteiger partial charge is 0.120 e. The molecular weight excluding hydrogens is 151 g/mol. The number of hydrogen-bond acceptors (Lipinski definition) is 2. The first-order valence-electron chi connectivity index (χ1n) is 1.66. The van der Waals surface area contributed by atoms with Crippen LogP contribution in [0, 0.1) is 5.41 Å². The molecule has 0 heterocycles. The van der Waals surface area contributed by atoms with Crippen LogP contribution < -0.4 is 5.73 Å². The Morgan fingerprint density at radius 1 is 1.62 bits per heavy atom. The van der Waals surface area contributed by atoms with Crippen LogP contribution in [0.15, 0.2) is 0 Å². The Hall–Kier alpha value is 0.01000. The summed E-state index contributed by atoms with van der Waals surface area (Å²) in [6, 6.07) is 0. The van der Waals surface area contributed by atoms with E-state index in [1.165, 1.54) is 6.92 Å². The molecule has 0 rings (SSSR count). The molecular formula is C3H10Cl2N2O. The van der Waals surface area contributed by atoms with E-state index in [4.69, 9.17) is 16.2 Å². The maximum atomic E-state index is 8.28. The molecule has 0 saturated heterocycles. The van der Waals surface area contributed by atoms with Gasteiger partial charge in [0.1, 0.15) is 11.9 Å². The third-order valence-electron chi connectivity index (χ3n) is 0.450. The minimum atomic E-state index is -0.787. The van der Waals surface area contributed by atoms with Crippen LogP contribution in [0.4, 0.5) is 0 Å². The Morgan fingerprint density at radius 2 is 1.75 bits per heavy atom. The topological polar surface area (TPSA) is 70.1 Å². The van der Waals surface area contributed by atoms with Crippen molar-refractivity contribution in [3.63, 3.8) is 0 Å². The first-order valence-corrected chi connectivity index (χ1v) is 1.66. The van der Waals surface area contributed by atoms with E-state index in [-0.39, 0.29) is 30.6 Å². The average molecular weight is 161 g/mol. The fourth-order valence-electron chi connectivity index (χ4n) is 0. The molecule has 0 amide bonds. The van der Waals surface area contributed by atoms with Crippen LogP contribution in [-0.4, -0.2) is 17.0 Å². The van der Waals surface area contributed by atoms with Crippen LogP contribution in [0.3, 0.4) is 0 Å². The van der Waals surface area contributed by atoms with Gasteiger partial charge in [0.2, 0.25) is 0 Å². The fourth-order valence-corrected chi connectivity index (χ4v) is 0. The summed E-state index contributed by atoms with van der Waals surface area (Å²) in [6.07, 6.45) is -0.787. The molecule has 0 aromatic heterocycles. The van der Waals surface area contributed by atoms with Crippen molar-refractivity contribution in [1.29, 1.82) is 5.41 Å². The van der Waals surface area contributed by atoms with Crippen LogP contribution >= 0.6 is 24.8 Å². The minimum Gasteiger partial charge on any atom is -0.386 e. The van der Waals surface area contributed by atoms with E-state index in [2.05, 4.69) is 0 Å². The van der Waals surface area contributed by atoms with Crippen molar-refractivity contribution in [3.8, 4) is 0 Å². The van der Waals surface area contributed by atoms with Gasteiger partial charge in [-0.3, -0.25) is 5.41 Å². The minimum absolute atomic E-state index is 0. The van der Waals surface area contributed by atoms with Crippen LogP contribution in [0.5, 0.6) is 0 Å². The fraction of sp³-hybridized carbons (Fsp3) is 0.667. The highest BCUT2D eigenvalue weighted by Gasteiger charge is 1.93. The van der Waals surface area contributed by atoms with Crippen LogP contribution in [-0.2, 0) is 0 Å². The van der Waals surface area contributed by atoms with Crippen molar-refractivity contribution < 1.29 is 5.11 Å². The summed E-state index contributed by atoms with van der Waals surface area (Å²) in [5.41, 5.74) is 4.77. The lowest BCUT2D eigenvalue weighted by Gasteiger charge is -1.94. The van der Waals surface area contributed by atoms with Gasteiger partial charge in [-0.25, -0.2) is 0 Å². The predicted molar refractivity (Wildman–Crippen MR) is 38.1 cm³/mol. The molecule has 0 unspecified atom stereocenters. The number of aliphatic hydroxyl groups excluding tert-OH is 1. The highest BCUT2D eigenvalue weighted by Crippen LogP contribution is 1.71. The Labute approximate surface area is 60.6 Å². The second kappa shape index (κ2) is 7.01. The quantitative estimate of drug-likeness (QED) is 0.378. The van der Waals surface area contributed by atoms with Gasteiger partial charge in [0.15, 0.2) is 0 Å². The molecule has 0 radical (unpaired) electrons. The van der Waals surface area contributed by atoms with Gasteiger partial charge in [-0.2, -0.15) is 0 Å². The Kier molecular flexibility index (Phi) is 13.7. The number of aliphatic hydroxyl groups is 1. The normalized spacial score (nSPS) is 10.2. The van der Waals surface area contributed by atoms with Crippen molar-refractivity contribution in [2.75, 3.05) is 0 Å². The van der Waals surface area contributed by atoms with Gasteiger partial charge < -0.3 is 10.8 Å². The van der Waals surface area contributed by atoms with E-state index in [9.17, 15) is 0 Å². The summed E-state index contributed by atoms with van der Waals surface area (Å²) in [6.45, 7) is 1.45. The van der Waals surface area contributed by atoms with E-state index < -0.39 is 6.10 Å². The van der Waals surface area contributed by atoms with E-state index >= 15 is 0 Å². The van der Waals surface area contributed by atoms with Crippen molar-refractivity contribution in [2.45, 2.75) is 13.0 Å². The van der Waals surface area contributed by atoms with Gasteiger partial charge in [0, 0.05) is 0 Å². The Morgan fingerprint density at radius 3 is 1.75 bits per heavy atom. The van der Waals surface area contributed by atoms with Crippen molar-refractivity contribution >= 4 is 30.6 Å². The zero-order chi connectivity index (χ0) is 5.15. The van der Waals surface area contributed by atoms with E-state index in [1.54, 1.807) is 0 Å². The summed E-state index contributed by atoms with van der Waals surface area (Å²) < 4.78 is 0. The molecule has 3 nitrogen and oxygen atoms in total. The Balaban J connectivity index is -0.000000125. The van der Waals surface area contributed by atoms with Gasteiger partial charge in [0.25, 0.3) is 0 Å². The highest BCUT2D eigenvalue weighted by atomic mass is 35.5. The van der Waals surface area contributed by atoms with Crippen molar-refractivity contribution in [3.05, 3.63) is 0 Å². The summed E-state index contributed by atoms with van der Waals surface area (Å²) >= 11 is 0. The number of nitrogens with two attached hydrogens (primary N) is 1. The lowest BCUT2D eigenvalue weighted by Crippen LogP contribution is -2.23. The molecule has 0 spiro atoms. The highest BCUT2D eigenvalue weighted by molar-refractivity contribution is 5.85. The maximum absolute atomic E-state index is 8.28. The monoisotopic (exact) mass is 160 g/mol. The molecule has 0 aromatic carbocycles. The molecule has 5 heteroatoms. The zero-order valence-electron chi connectivity index (χ0n) is 4.42. The van der Waals surface area contributed by atoms with Crippen molar-refractivity contribution in [1.82, 2.24) is 0 Å². The van der Waals surface area contributed by atoms with E-state index in [1.807, 2.05) is 0 Å². The molecule has 1 atom stereocenters. The molecule has 52 valence electrons. The third-order valence-corrected chi connectivity index (χ3v) is 0.450. The van der Waals surface area contributed by atoms with Crippen LogP contribution in [0.25, 0.3) is 0 Å². The SMILES string of the molecule is C[C@H](O)C(=N)N.Cl.Cl. The second-order valence-electron chi connectivity index (χ2n) is 1.13. The molecule has 4 N–H and O–H groups in total. The lowest BCUT2D eigenvalue weighted by atomic mass is 10.4. The van der Waals surface area contributed by atoms with Gasteiger partial charge in [0.05, 0.1) is 0 Å². The number of amidine groups is 1. The average Bonchev–Trinajstić information content (AvgIpc) is 1.36. The molecule has 0 aliphatic rings. The lowest BCUT2D eigenvalue weighted by molar-refractivity contribution is 0.260. The van der Waals surface area contributed by atoms with Gasteiger partial charge in [-0.05, 0) is 6.92 Å². The van der Waals surface area contributed by atoms with Gasteiger partial charge in [-0.1, -0.05) is 0 Å². The Bertz CT molecular complexity index is 66.3. The summed E-state index contributed by atoms with van der Waals surface area (Å²) in [5.74, 6) is -0.185. The molecule has 0 aliphatic heterocycles. The van der Waals surface area contributed by atoms with Crippen molar-refractivity contribution in [2.24, 2.45) is 5.73 Å². The first-order chi connectivity index (χ1) is 2.64. The molecule has 8 heavy (non-hydrogen) atoms. The number of rotatable bonds is 1. The van der Waals surface area contributed by atoms with Gasteiger partial charge >= 0.3 is 0 Å². The maximum Gasteiger partial charge on any atom is 0.120 e. The standard InChI is InChI=1S/C3H8N2O.2ClH/c1-2(6)3(4)5;;/h2,6H,1H3,(H3,4,5);2*1H/t2-;;/m0../s1. The van der Waals surface area contributed by atoms with Gasteiger partial charge in [-0.15, -0.1) is 24.8 Å². The first kappa shape index (κ1) is 15.7. The molecule has 0 fully saturated rings. The molecule has 0 saturated carbocycles. The molecule has 0 aliphatic carbocycles. The summed E-state index contributed by atoms with van der Waals surface area (Å²) in [5, 5.41) is 14.8.